The van der Waals surface area contributed by atoms with Crippen LogP contribution in [0, 0.1) is 11.3 Å². The lowest BCUT2D eigenvalue weighted by molar-refractivity contribution is 0.258. The lowest BCUT2D eigenvalue weighted by Crippen LogP contribution is -2.34. The van der Waals surface area contributed by atoms with Crippen molar-refractivity contribution < 1.29 is 0 Å². The molecule has 0 spiro atoms. The zero-order valence-corrected chi connectivity index (χ0v) is 10.5. The Morgan fingerprint density at radius 3 is 2.53 bits per heavy atom. The van der Waals surface area contributed by atoms with Crippen LogP contribution < -0.4 is 5.32 Å². The number of hydrogen-bond donors (Lipinski definition) is 1. The summed E-state index contributed by atoms with van der Waals surface area (Å²) in [6.45, 7) is 5.98. The standard InChI is InChI=1S/C14H27N/c1-3-7-14(8-9-14)11-15-12(2)10-13-5-4-6-13/h12-13,15H,3-11H2,1-2H3. The first-order valence-electron chi connectivity index (χ1n) is 6.97. The fraction of sp³-hybridized carbons (Fsp3) is 1.00. The highest BCUT2D eigenvalue weighted by atomic mass is 14.9. The highest BCUT2D eigenvalue weighted by Crippen LogP contribution is 2.49. The molecule has 0 aromatic rings. The summed E-state index contributed by atoms with van der Waals surface area (Å²) in [5.41, 5.74) is 0.725. The molecule has 1 nitrogen and oxygen atoms in total. The van der Waals surface area contributed by atoms with Crippen molar-refractivity contribution in [2.75, 3.05) is 6.54 Å². The molecule has 2 aliphatic rings. The molecule has 0 bridgehead atoms. The molecule has 0 aliphatic heterocycles. The number of rotatable bonds is 7. The maximum Gasteiger partial charge on any atom is 0.00415 e. The van der Waals surface area contributed by atoms with Gasteiger partial charge in [-0.3, -0.25) is 0 Å². The summed E-state index contributed by atoms with van der Waals surface area (Å²) in [5.74, 6) is 1.05. The van der Waals surface area contributed by atoms with Gasteiger partial charge in [-0.05, 0) is 43.9 Å². The van der Waals surface area contributed by atoms with Gasteiger partial charge in [0.25, 0.3) is 0 Å². The van der Waals surface area contributed by atoms with Crippen molar-refractivity contribution in [2.24, 2.45) is 11.3 Å². The second-order valence-corrected chi connectivity index (χ2v) is 6.06. The molecule has 0 radical (unpaired) electrons. The van der Waals surface area contributed by atoms with E-state index >= 15 is 0 Å². The number of nitrogens with one attached hydrogen (secondary N) is 1. The Bertz CT molecular complexity index is 192. The third-order valence-electron chi connectivity index (χ3n) is 4.47. The Morgan fingerprint density at radius 2 is 2.07 bits per heavy atom. The van der Waals surface area contributed by atoms with Gasteiger partial charge in [0, 0.05) is 12.6 Å². The SMILES string of the molecule is CCCC1(CNC(C)CC2CCC2)CC1. The van der Waals surface area contributed by atoms with Crippen molar-refractivity contribution in [3.8, 4) is 0 Å². The van der Waals surface area contributed by atoms with Crippen LogP contribution in [0.25, 0.3) is 0 Å². The van der Waals surface area contributed by atoms with Crippen LogP contribution >= 0.6 is 0 Å². The summed E-state index contributed by atoms with van der Waals surface area (Å²) in [6.07, 6.45) is 11.6. The van der Waals surface area contributed by atoms with Gasteiger partial charge in [-0.25, -0.2) is 0 Å². The minimum Gasteiger partial charge on any atom is -0.314 e. The van der Waals surface area contributed by atoms with E-state index in [2.05, 4.69) is 19.2 Å². The molecule has 1 N–H and O–H groups in total. The van der Waals surface area contributed by atoms with Gasteiger partial charge in [0.05, 0.1) is 0 Å². The van der Waals surface area contributed by atoms with E-state index < -0.39 is 0 Å². The Balaban J connectivity index is 1.59. The van der Waals surface area contributed by atoms with Crippen molar-refractivity contribution in [1.82, 2.24) is 5.32 Å². The maximum absolute atomic E-state index is 3.77. The Hall–Kier alpha value is -0.0400. The van der Waals surface area contributed by atoms with E-state index in [0.29, 0.717) is 0 Å². The van der Waals surface area contributed by atoms with E-state index in [-0.39, 0.29) is 0 Å². The molecule has 88 valence electrons. The Morgan fingerprint density at radius 1 is 1.33 bits per heavy atom. The van der Waals surface area contributed by atoms with Gasteiger partial charge in [0.2, 0.25) is 0 Å². The van der Waals surface area contributed by atoms with E-state index in [9.17, 15) is 0 Å². The average Bonchev–Trinajstić information content (AvgIpc) is 2.90. The lowest BCUT2D eigenvalue weighted by atomic mass is 9.81. The second-order valence-electron chi connectivity index (χ2n) is 6.06. The molecule has 0 heterocycles. The first kappa shape index (κ1) is 11.4. The quantitative estimate of drug-likeness (QED) is 0.673. The van der Waals surface area contributed by atoms with E-state index in [1.54, 1.807) is 0 Å². The van der Waals surface area contributed by atoms with Gasteiger partial charge >= 0.3 is 0 Å². The minimum atomic E-state index is 0.725. The molecule has 15 heavy (non-hydrogen) atoms. The summed E-state index contributed by atoms with van der Waals surface area (Å²) < 4.78 is 0. The smallest absolute Gasteiger partial charge is 0.00415 e. The fourth-order valence-corrected chi connectivity index (χ4v) is 2.92. The molecule has 1 atom stereocenters. The van der Waals surface area contributed by atoms with Crippen LogP contribution in [-0.2, 0) is 0 Å². The molecule has 0 aromatic carbocycles. The summed E-state index contributed by atoms with van der Waals surface area (Å²) in [4.78, 5) is 0. The van der Waals surface area contributed by atoms with Crippen LogP contribution in [0.1, 0.15) is 65.2 Å². The molecule has 2 fully saturated rings. The van der Waals surface area contributed by atoms with Crippen LogP contribution in [0.3, 0.4) is 0 Å². The van der Waals surface area contributed by atoms with Crippen molar-refractivity contribution in [3.05, 3.63) is 0 Å². The van der Waals surface area contributed by atoms with Gasteiger partial charge in [0.1, 0.15) is 0 Å². The van der Waals surface area contributed by atoms with E-state index in [1.807, 2.05) is 0 Å². The molecule has 0 aromatic heterocycles. The van der Waals surface area contributed by atoms with Gasteiger partial charge in [-0.2, -0.15) is 0 Å². The lowest BCUT2D eigenvalue weighted by Gasteiger charge is -2.29. The van der Waals surface area contributed by atoms with Crippen molar-refractivity contribution in [3.63, 3.8) is 0 Å². The van der Waals surface area contributed by atoms with Crippen molar-refractivity contribution in [1.29, 1.82) is 0 Å². The van der Waals surface area contributed by atoms with Crippen LogP contribution in [0.5, 0.6) is 0 Å². The normalized spacial score (nSPS) is 26.0. The van der Waals surface area contributed by atoms with Crippen LogP contribution in [0.2, 0.25) is 0 Å². The predicted octanol–water partition coefficient (Wildman–Crippen LogP) is 3.74. The van der Waals surface area contributed by atoms with Gasteiger partial charge < -0.3 is 5.32 Å². The Kier molecular flexibility index (Phi) is 3.71. The highest BCUT2D eigenvalue weighted by molar-refractivity contribution is 4.95. The zero-order chi connectivity index (χ0) is 10.7. The largest absolute Gasteiger partial charge is 0.314 e. The van der Waals surface area contributed by atoms with E-state index in [1.165, 1.54) is 57.9 Å². The van der Waals surface area contributed by atoms with Crippen LogP contribution in [0.15, 0.2) is 0 Å². The molecule has 2 saturated carbocycles. The van der Waals surface area contributed by atoms with E-state index in [4.69, 9.17) is 0 Å². The zero-order valence-electron chi connectivity index (χ0n) is 10.5. The highest BCUT2D eigenvalue weighted by Gasteiger charge is 2.41. The maximum atomic E-state index is 3.77. The van der Waals surface area contributed by atoms with Gasteiger partial charge in [-0.15, -0.1) is 0 Å². The number of hydrogen-bond acceptors (Lipinski definition) is 1. The summed E-state index contributed by atoms with van der Waals surface area (Å²) in [7, 11) is 0. The van der Waals surface area contributed by atoms with Crippen molar-refractivity contribution in [2.45, 2.75) is 71.3 Å². The molecule has 0 amide bonds. The van der Waals surface area contributed by atoms with Crippen molar-refractivity contribution >= 4 is 0 Å². The van der Waals surface area contributed by atoms with Gasteiger partial charge in [-0.1, -0.05) is 32.6 Å². The molecule has 1 unspecified atom stereocenters. The predicted molar refractivity (Wildman–Crippen MR) is 66.0 cm³/mol. The first-order valence-corrected chi connectivity index (χ1v) is 6.97. The monoisotopic (exact) mass is 209 g/mol. The molecular formula is C14H27N. The molecule has 2 rings (SSSR count). The summed E-state index contributed by atoms with van der Waals surface area (Å²) in [6, 6.07) is 0.754. The first-order chi connectivity index (χ1) is 7.24. The third kappa shape index (κ3) is 3.21. The minimum absolute atomic E-state index is 0.725. The van der Waals surface area contributed by atoms with Gasteiger partial charge in [0.15, 0.2) is 0 Å². The van der Waals surface area contributed by atoms with Crippen LogP contribution in [-0.4, -0.2) is 12.6 Å². The Labute approximate surface area is 95.0 Å². The van der Waals surface area contributed by atoms with Crippen LogP contribution in [0.4, 0.5) is 0 Å². The second kappa shape index (κ2) is 4.86. The molecule has 1 heteroatoms. The average molecular weight is 209 g/mol. The third-order valence-corrected chi connectivity index (χ3v) is 4.47. The molecule has 0 saturated heterocycles. The summed E-state index contributed by atoms with van der Waals surface area (Å²) in [5, 5.41) is 3.77. The van der Waals surface area contributed by atoms with E-state index in [0.717, 1.165) is 17.4 Å². The molecule has 2 aliphatic carbocycles. The fourth-order valence-electron chi connectivity index (χ4n) is 2.92. The molecular weight excluding hydrogens is 182 g/mol. The summed E-state index contributed by atoms with van der Waals surface area (Å²) >= 11 is 0. The topological polar surface area (TPSA) is 12.0 Å².